The maximum absolute atomic E-state index is 12.4. The lowest BCUT2D eigenvalue weighted by atomic mass is 9.91. The Bertz CT molecular complexity index is 528. The molecule has 0 aliphatic carbocycles. The number of imidazole rings is 1. The molecule has 1 aromatic rings. The van der Waals surface area contributed by atoms with E-state index in [0.29, 0.717) is 25.9 Å². The van der Waals surface area contributed by atoms with Crippen LogP contribution < -0.4 is 5.32 Å². The second-order valence-electron chi connectivity index (χ2n) is 5.46. The van der Waals surface area contributed by atoms with Gasteiger partial charge < -0.3 is 19.9 Å². The number of hydrogen-bond donors (Lipinski definition) is 2. The van der Waals surface area contributed by atoms with Gasteiger partial charge in [-0.1, -0.05) is 13.3 Å². The van der Waals surface area contributed by atoms with E-state index in [4.69, 9.17) is 0 Å². The molecular formula is C14H22N4O3. The van der Waals surface area contributed by atoms with Crippen LogP contribution in [0, 0.1) is 0 Å². The molecule has 1 fully saturated rings. The average Bonchev–Trinajstić information content (AvgIpc) is 3.04. The van der Waals surface area contributed by atoms with Crippen LogP contribution in [0.15, 0.2) is 12.4 Å². The van der Waals surface area contributed by atoms with E-state index in [-0.39, 0.29) is 6.03 Å². The first-order valence-electron chi connectivity index (χ1n) is 7.26. The summed E-state index contributed by atoms with van der Waals surface area (Å²) in [5.41, 5.74) is -1.06. The summed E-state index contributed by atoms with van der Waals surface area (Å²) in [5.74, 6) is -0.173. The van der Waals surface area contributed by atoms with Crippen LogP contribution in [0.5, 0.6) is 0 Å². The highest BCUT2D eigenvalue weighted by Gasteiger charge is 2.49. The lowest BCUT2D eigenvalue weighted by Crippen LogP contribution is -2.55. The zero-order valence-corrected chi connectivity index (χ0v) is 12.5. The molecule has 2 N–H and O–H groups in total. The fourth-order valence-electron chi connectivity index (χ4n) is 2.99. The molecule has 0 spiro atoms. The Morgan fingerprint density at radius 1 is 1.52 bits per heavy atom. The lowest BCUT2D eigenvalue weighted by Gasteiger charge is -2.34. The summed E-state index contributed by atoms with van der Waals surface area (Å²) in [7, 11) is 1.85. The summed E-state index contributed by atoms with van der Waals surface area (Å²) < 4.78 is 1.82. The first-order chi connectivity index (χ1) is 10.0. The van der Waals surface area contributed by atoms with E-state index < -0.39 is 11.5 Å². The molecular weight excluding hydrogens is 272 g/mol. The Balaban J connectivity index is 2.06. The summed E-state index contributed by atoms with van der Waals surface area (Å²) >= 11 is 0. The molecule has 1 atom stereocenters. The fourth-order valence-corrected chi connectivity index (χ4v) is 2.99. The van der Waals surface area contributed by atoms with E-state index >= 15 is 0 Å². The molecule has 0 saturated carbocycles. The summed E-state index contributed by atoms with van der Waals surface area (Å²) in [6.45, 7) is 2.71. The minimum absolute atomic E-state index is 0.292. The number of urea groups is 1. The van der Waals surface area contributed by atoms with E-state index in [2.05, 4.69) is 10.3 Å². The standard InChI is InChI=1S/C14H22N4O3/c1-3-5-14(12(19)20)6-4-8-18(14)13(21)16-10-11-15-7-9-17(11)2/h7,9H,3-6,8,10H2,1-2H3,(H,16,21)(H,19,20). The van der Waals surface area contributed by atoms with Gasteiger partial charge in [0, 0.05) is 26.0 Å². The van der Waals surface area contributed by atoms with Gasteiger partial charge in [-0.3, -0.25) is 0 Å². The lowest BCUT2D eigenvalue weighted by molar-refractivity contribution is -0.148. The minimum Gasteiger partial charge on any atom is -0.479 e. The number of carboxylic acids is 1. The molecule has 2 heterocycles. The van der Waals surface area contributed by atoms with Gasteiger partial charge in [-0.25, -0.2) is 14.6 Å². The minimum atomic E-state index is -1.06. The van der Waals surface area contributed by atoms with Gasteiger partial charge in [0.05, 0.1) is 6.54 Å². The van der Waals surface area contributed by atoms with Crippen LogP contribution in [0.4, 0.5) is 4.79 Å². The molecule has 1 saturated heterocycles. The molecule has 1 aliphatic rings. The molecule has 1 aromatic heterocycles. The van der Waals surface area contributed by atoms with Gasteiger partial charge in [0.15, 0.2) is 0 Å². The Morgan fingerprint density at radius 2 is 2.29 bits per heavy atom. The normalized spacial score (nSPS) is 21.5. The van der Waals surface area contributed by atoms with Crippen molar-refractivity contribution in [2.75, 3.05) is 6.54 Å². The molecule has 116 valence electrons. The van der Waals surface area contributed by atoms with Crippen LogP contribution >= 0.6 is 0 Å². The third-order valence-corrected chi connectivity index (χ3v) is 4.11. The van der Waals surface area contributed by atoms with Crippen LogP contribution in [-0.4, -0.2) is 43.6 Å². The van der Waals surface area contributed by atoms with Crippen molar-refractivity contribution in [2.24, 2.45) is 7.05 Å². The van der Waals surface area contributed by atoms with Crippen LogP contribution in [-0.2, 0) is 18.4 Å². The Morgan fingerprint density at radius 3 is 2.86 bits per heavy atom. The summed E-state index contributed by atoms with van der Waals surface area (Å²) in [6, 6.07) is -0.327. The molecule has 21 heavy (non-hydrogen) atoms. The van der Waals surface area contributed by atoms with Gasteiger partial charge >= 0.3 is 12.0 Å². The van der Waals surface area contributed by atoms with Gasteiger partial charge in [-0.2, -0.15) is 0 Å². The topological polar surface area (TPSA) is 87.5 Å². The highest BCUT2D eigenvalue weighted by Crippen LogP contribution is 2.34. The number of nitrogens with one attached hydrogen (secondary N) is 1. The average molecular weight is 294 g/mol. The number of carbonyl (C=O) groups excluding carboxylic acids is 1. The number of carboxylic acid groups (broad SMARTS) is 1. The first-order valence-corrected chi connectivity index (χ1v) is 7.26. The molecule has 2 rings (SSSR count). The van der Waals surface area contributed by atoms with Crippen molar-refractivity contribution in [3.8, 4) is 0 Å². The number of carbonyl (C=O) groups is 2. The van der Waals surface area contributed by atoms with Crippen LogP contribution in [0.3, 0.4) is 0 Å². The van der Waals surface area contributed by atoms with Crippen molar-refractivity contribution in [3.63, 3.8) is 0 Å². The molecule has 1 aliphatic heterocycles. The SMILES string of the molecule is CCCC1(C(=O)O)CCCN1C(=O)NCc1nccn1C. The van der Waals surface area contributed by atoms with Crippen molar-refractivity contribution < 1.29 is 14.7 Å². The summed E-state index contributed by atoms with van der Waals surface area (Å²) in [5, 5.41) is 12.3. The second kappa shape index (κ2) is 6.15. The van der Waals surface area contributed by atoms with Crippen LogP contribution in [0.25, 0.3) is 0 Å². The van der Waals surface area contributed by atoms with Gasteiger partial charge in [0.2, 0.25) is 0 Å². The monoisotopic (exact) mass is 294 g/mol. The maximum atomic E-state index is 12.4. The Hall–Kier alpha value is -2.05. The van der Waals surface area contributed by atoms with E-state index in [1.165, 1.54) is 4.90 Å². The number of aliphatic carboxylic acids is 1. The second-order valence-corrected chi connectivity index (χ2v) is 5.46. The molecule has 0 aromatic carbocycles. The van der Waals surface area contributed by atoms with Gasteiger partial charge in [0.1, 0.15) is 11.4 Å². The number of likely N-dealkylation sites (tertiary alicyclic amines) is 1. The largest absolute Gasteiger partial charge is 0.479 e. The first kappa shape index (κ1) is 15.3. The highest BCUT2D eigenvalue weighted by molar-refractivity contribution is 5.87. The van der Waals surface area contributed by atoms with E-state index in [1.54, 1.807) is 12.4 Å². The molecule has 0 radical (unpaired) electrons. The number of rotatable bonds is 5. The third kappa shape index (κ3) is 2.86. The molecule has 7 nitrogen and oxygen atoms in total. The summed E-state index contributed by atoms with van der Waals surface area (Å²) in [4.78, 5) is 29.6. The number of hydrogen-bond acceptors (Lipinski definition) is 3. The predicted octanol–water partition coefficient (Wildman–Crippen LogP) is 1.35. The zero-order valence-electron chi connectivity index (χ0n) is 12.5. The number of amides is 2. The van der Waals surface area contributed by atoms with E-state index in [0.717, 1.165) is 18.7 Å². The van der Waals surface area contributed by atoms with E-state index in [9.17, 15) is 14.7 Å². The zero-order chi connectivity index (χ0) is 15.5. The quantitative estimate of drug-likeness (QED) is 0.858. The maximum Gasteiger partial charge on any atom is 0.329 e. The molecule has 2 amide bonds. The van der Waals surface area contributed by atoms with Gasteiger partial charge in [-0.15, -0.1) is 0 Å². The highest BCUT2D eigenvalue weighted by atomic mass is 16.4. The van der Waals surface area contributed by atoms with Crippen molar-refractivity contribution in [2.45, 2.75) is 44.7 Å². The van der Waals surface area contributed by atoms with Crippen molar-refractivity contribution in [1.29, 1.82) is 0 Å². The molecule has 0 bridgehead atoms. The number of aryl methyl sites for hydroxylation is 1. The van der Waals surface area contributed by atoms with Crippen molar-refractivity contribution >= 4 is 12.0 Å². The predicted molar refractivity (Wildman–Crippen MR) is 76.7 cm³/mol. The van der Waals surface area contributed by atoms with Crippen LogP contribution in [0.2, 0.25) is 0 Å². The fraction of sp³-hybridized carbons (Fsp3) is 0.643. The smallest absolute Gasteiger partial charge is 0.329 e. The van der Waals surface area contributed by atoms with Gasteiger partial charge in [0.25, 0.3) is 0 Å². The summed E-state index contributed by atoms with van der Waals surface area (Å²) in [6.07, 6.45) is 5.92. The molecule has 7 heteroatoms. The van der Waals surface area contributed by atoms with E-state index in [1.807, 2.05) is 18.5 Å². The van der Waals surface area contributed by atoms with Gasteiger partial charge in [-0.05, 0) is 19.3 Å². The van der Waals surface area contributed by atoms with Crippen LogP contribution in [0.1, 0.15) is 38.4 Å². The third-order valence-electron chi connectivity index (χ3n) is 4.11. The number of aromatic nitrogens is 2. The van der Waals surface area contributed by atoms with Crippen molar-refractivity contribution in [3.05, 3.63) is 18.2 Å². The van der Waals surface area contributed by atoms with Crippen molar-refractivity contribution in [1.82, 2.24) is 19.8 Å². The number of nitrogens with zero attached hydrogens (tertiary/aromatic N) is 3. The Kier molecular flexibility index (Phi) is 4.50. The molecule has 1 unspecified atom stereocenters. The Labute approximate surface area is 124 Å².